The number of rotatable bonds is 10. The van der Waals surface area contributed by atoms with Crippen LogP contribution in [-0.4, -0.2) is 29.6 Å². The number of Topliss-reactive ketones (excluding diaryl/α,β-unsaturated/α-hetero) is 1. The Labute approximate surface area is 227 Å². The van der Waals surface area contributed by atoms with Crippen molar-refractivity contribution in [2.75, 3.05) is 6.61 Å². The van der Waals surface area contributed by atoms with E-state index in [-0.39, 0.29) is 54.0 Å². The lowest BCUT2D eigenvalue weighted by molar-refractivity contribution is -0.157. The summed E-state index contributed by atoms with van der Waals surface area (Å²) in [6.45, 7) is 4.30. The normalized spacial score (nSPS) is 30.0. The van der Waals surface area contributed by atoms with Gasteiger partial charge in [0.05, 0.1) is 18.1 Å². The molecule has 0 heterocycles. The summed E-state index contributed by atoms with van der Waals surface area (Å²) in [6.07, 6.45) is 15.8. The molecule has 3 aliphatic carbocycles. The van der Waals surface area contributed by atoms with Gasteiger partial charge in [0, 0.05) is 6.42 Å². The van der Waals surface area contributed by atoms with Gasteiger partial charge in [-0.05, 0) is 107 Å². The Kier molecular flexibility index (Phi) is 10.5. The first-order valence-corrected chi connectivity index (χ1v) is 15.3. The van der Waals surface area contributed by atoms with Crippen molar-refractivity contribution in [3.05, 3.63) is 23.5 Å². The topological polar surface area (TPSA) is 72.8 Å². The van der Waals surface area contributed by atoms with E-state index >= 15 is 0 Å². The van der Waals surface area contributed by atoms with E-state index < -0.39 is 11.6 Å². The van der Waals surface area contributed by atoms with Crippen LogP contribution in [0.15, 0.2) is 12.1 Å². The monoisotopic (exact) mass is 530 g/mol. The van der Waals surface area contributed by atoms with E-state index in [4.69, 9.17) is 9.47 Å². The molecule has 38 heavy (non-hydrogen) atoms. The number of hydrogen-bond acceptors (Lipinski definition) is 5. The zero-order valence-corrected chi connectivity index (χ0v) is 23.4. The molecule has 3 aliphatic rings. The average Bonchev–Trinajstić information content (AvgIpc) is 2.93. The molecule has 3 fully saturated rings. The molecule has 212 valence electrons. The number of phenols is 1. The van der Waals surface area contributed by atoms with Crippen LogP contribution in [0.5, 0.6) is 11.5 Å². The van der Waals surface area contributed by atoms with E-state index in [1.807, 2.05) is 0 Å². The minimum atomic E-state index is -0.887. The van der Waals surface area contributed by atoms with Gasteiger partial charge in [0.25, 0.3) is 0 Å². The molecule has 0 spiro atoms. The van der Waals surface area contributed by atoms with Gasteiger partial charge in [-0.15, -0.1) is 0 Å². The highest BCUT2D eigenvalue weighted by Gasteiger charge is 2.35. The quantitative estimate of drug-likeness (QED) is 0.245. The summed E-state index contributed by atoms with van der Waals surface area (Å²) in [5.74, 6) is 0.921. The number of hydrogen-bond donors (Lipinski definition) is 1. The van der Waals surface area contributed by atoms with Crippen LogP contribution in [0.3, 0.4) is 0 Å². The van der Waals surface area contributed by atoms with Gasteiger partial charge in [0.2, 0.25) is 5.82 Å². The van der Waals surface area contributed by atoms with Crippen LogP contribution in [0, 0.1) is 35.4 Å². The summed E-state index contributed by atoms with van der Waals surface area (Å²) in [7, 11) is 0. The summed E-state index contributed by atoms with van der Waals surface area (Å²) in [6, 6.07) is 2.83. The Hall–Kier alpha value is -2.11. The molecule has 0 amide bonds. The van der Waals surface area contributed by atoms with E-state index in [0.717, 1.165) is 69.1 Å². The number of ether oxygens (including phenoxy) is 2. The number of aromatic hydroxyl groups is 1. The van der Waals surface area contributed by atoms with Gasteiger partial charge in [-0.3, -0.25) is 9.59 Å². The van der Waals surface area contributed by atoms with Crippen LogP contribution >= 0.6 is 0 Å². The Morgan fingerprint density at radius 2 is 1.47 bits per heavy atom. The van der Waals surface area contributed by atoms with Crippen molar-refractivity contribution in [1.82, 2.24) is 0 Å². The Balaban J connectivity index is 1.16. The van der Waals surface area contributed by atoms with Crippen LogP contribution in [-0.2, 0) is 9.53 Å². The maximum atomic E-state index is 14.3. The maximum absolute atomic E-state index is 14.3. The van der Waals surface area contributed by atoms with Crippen molar-refractivity contribution in [3.8, 4) is 11.5 Å². The lowest BCUT2D eigenvalue weighted by Gasteiger charge is -2.37. The number of ketones is 1. The number of phenolic OH excluding ortho intramolecular Hbond substituents is 1. The lowest BCUT2D eigenvalue weighted by Crippen LogP contribution is -2.32. The molecule has 4 rings (SSSR count). The van der Waals surface area contributed by atoms with Crippen LogP contribution < -0.4 is 4.74 Å². The van der Waals surface area contributed by atoms with Gasteiger partial charge < -0.3 is 14.6 Å². The number of carbonyl (C=O) groups is 2. The average molecular weight is 531 g/mol. The molecule has 0 bridgehead atoms. The van der Waals surface area contributed by atoms with Gasteiger partial charge >= 0.3 is 5.97 Å². The molecular weight excluding hydrogens is 483 g/mol. The zero-order valence-electron chi connectivity index (χ0n) is 23.4. The molecule has 0 aromatic heterocycles. The van der Waals surface area contributed by atoms with E-state index in [1.54, 1.807) is 6.92 Å². The molecule has 1 aromatic carbocycles. The summed E-state index contributed by atoms with van der Waals surface area (Å²) in [4.78, 5) is 25.7. The van der Waals surface area contributed by atoms with E-state index in [9.17, 15) is 19.1 Å². The smallest absolute Gasteiger partial charge is 0.309 e. The van der Waals surface area contributed by atoms with Crippen molar-refractivity contribution < 1.29 is 28.6 Å². The first kappa shape index (κ1) is 28.9. The highest BCUT2D eigenvalue weighted by Crippen LogP contribution is 2.43. The third-order valence-electron chi connectivity index (χ3n) is 9.59. The van der Waals surface area contributed by atoms with E-state index in [0.29, 0.717) is 0 Å². The second kappa shape index (κ2) is 13.8. The van der Waals surface area contributed by atoms with Crippen molar-refractivity contribution >= 4 is 11.8 Å². The van der Waals surface area contributed by atoms with Crippen LogP contribution in [0.2, 0.25) is 0 Å². The summed E-state index contributed by atoms with van der Waals surface area (Å²) >= 11 is 0. The fourth-order valence-corrected chi connectivity index (χ4v) is 7.31. The second-order valence-corrected chi connectivity index (χ2v) is 12.1. The van der Waals surface area contributed by atoms with E-state index in [2.05, 4.69) is 6.92 Å². The Bertz CT molecular complexity index is 922. The van der Waals surface area contributed by atoms with Crippen LogP contribution in [0.1, 0.15) is 121 Å². The summed E-state index contributed by atoms with van der Waals surface area (Å²) in [5.41, 5.74) is 0.00381. The maximum Gasteiger partial charge on any atom is 0.309 e. The van der Waals surface area contributed by atoms with Crippen molar-refractivity contribution in [1.29, 1.82) is 0 Å². The molecule has 0 atom stereocenters. The van der Waals surface area contributed by atoms with Gasteiger partial charge in [0.1, 0.15) is 6.10 Å². The van der Waals surface area contributed by atoms with Crippen molar-refractivity contribution in [3.63, 3.8) is 0 Å². The van der Waals surface area contributed by atoms with Crippen molar-refractivity contribution in [2.45, 2.75) is 116 Å². The fraction of sp³-hybridized carbons (Fsp3) is 0.750. The highest BCUT2D eigenvalue weighted by molar-refractivity contribution is 5.99. The third kappa shape index (κ3) is 7.30. The largest absolute Gasteiger partial charge is 0.504 e. The highest BCUT2D eigenvalue weighted by atomic mass is 19.1. The summed E-state index contributed by atoms with van der Waals surface area (Å²) in [5, 5.41) is 10.2. The lowest BCUT2D eigenvalue weighted by atomic mass is 9.69. The van der Waals surface area contributed by atoms with Gasteiger partial charge in [-0.1, -0.05) is 32.6 Å². The Morgan fingerprint density at radius 1 is 0.868 bits per heavy atom. The fourth-order valence-electron chi connectivity index (χ4n) is 7.31. The number of halogens is 1. The molecule has 0 radical (unpaired) electrons. The molecule has 0 aliphatic heterocycles. The SMILES string of the molecule is CCCC1CCC(C2CCC(C(=O)OC3CCC(CC(=O)c4ccc(OCC)c(F)c4O)CC3)CC2)CC1. The first-order chi connectivity index (χ1) is 18.4. The second-order valence-electron chi connectivity index (χ2n) is 12.1. The van der Waals surface area contributed by atoms with Gasteiger partial charge in [-0.25, -0.2) is 0 Å². The first-order valence-electron chi connectivity index (χ1n) is 15.3. The minimum Gasteiger partial charge on any atom is -0.504 e. The standard InChI is InChI=1S/C32H47FO5/c1-3-5-21-6-10-23(11-7-21)24-12-14-25(15-13-24)32(36)38-26-16-8-22(9-17-26)20-28(34)27-18-19-29(37-4-2)30(33)31(27)35/h18-19,21-26,35H,3-17,20H2,1-2H3. The van der Waals surface area contributed by atoms with Gasteiger partial charge in [0.15, 0.2) is 17.3 Å². The predicted molar refractivity (Wildman–Crippen MR) is 146 cm³/mol. The van der Waals surface area contributed by atoms with Crippen LogP contribution in [0.25, 0.3) is 0 Å². The molecule has 6 heteroatoms. The van der Waals surface area contributed by atoms with Gasteiger partial charge in [-0.2, -0.15) is 4.39 Å². The number of esters is 1. The van der Waals surface area contributed by atoms with E-state index in [1.165, 1.54) is 50.7 Å². The molecule has 0 saturated heterocycles. The number of carbonyl (C=O) groups excluding carboxylic acids is 2. The molecule has 1 N–H and O–H groups in total. The molecule has 1 aromatic rings. The zero-order chi connectivity index (χ0) is 27.1. The molecular formula is C32H47FO5. The third-order valence-corrected chi connectivity index (χ3v) is 9.59. The molecule has 5 nitrogen and oxygen atoms in total. The van der Waals surface area contributed by atoms with Crippen LogP contribution in [0.4, 0.5) is 4.39 Å². The number of benzene rings is 1. The minimum absolute atomic E-state index is 0.00381. The molecule has 0 unspecified atom stereocenters. The molecule has 3 saturated carbocycles. The van der Waals surface area contributed by atoms with Crippen molar-refractivity contribution in [2.24, 2.45) is 29.6 Å². The Morgan fingerprint density at radius 3 is 2.08 bits per heavy atom. The summed E-state index contributed by atoms with van der Waals surface area (Å²) < 4.78 is 25.4. The predicted octanol–water partition coefficient (Wildman–Crippen LogP) is 8.02.